The van der Waals surface area contributed by atoms with Gasteiger partial charge in [-0.1, -0.05) is 6.07 Å². The van der Waals surface area contributed by atoms with Crippen LogP contribution >= 0.6 is 0 Å². The summed E-state index contributed by atoms with van der Waals surface area (Å²) in [5, 5.41) is 6.08. The van der Waals surface area contributed by atoms with Crippen LogP contribution in [0.1, 0.15) is 17.3 Å². The first-order valence-corrected chi connectivity index (χ1v) is 6.76. The van der Waals surface area contributed by atoms with Crippen molar-refractivity contribution in [2.24, 2.45) is 0 Å². The van der Waals surface area contributed by atoms with E-state index in [9.17, 15) is 4.79 Å². The predicted octanol–water partition coefficient (Wildman–Crippen LogP) is 1.32. The highest BCUT2D eigenvalue weighted by Gasteiger charge is 2.22. The van der Waals surface area contributed by atoms with Crippen LogP contribution in [0, 0.1) is 0 Å². The summed E-state index contributed by atoms with van der Waals surface area (Å²) in [4.78, 5) is 20.4. The maximum atomic E-state index is 11.4. The molecule has 1 aromatic carbocycles. The molecule has 5 heteroatoms. The van der Waals surface area contributed by atoms with Gasteiger partial charge in [0.1, 0.15) is 5.82 Å². The Hall–Kier alpha value is -2.27. The van der Waals surface area contributed by atoms with E-state index in [4.69, 9.17) is 0 Å². The minimum Gasteiger partial charge on any atom is -0.326 e. The fourth-order valence-electron chi connectivity index (χ4n) is 2.59. The highest BCUT2D eigenvalue weighted by molar-refractivity contribution is 5.99. The van der Waals surface area contributed by atoms with E-state index in [0.29, 0.717) is 12.3 Å². The molecule has 0 unspecified atom stereocenters. The third-order valence-corrected chi connectivity index (χ3v) is 3.85. The van der Waals surface area contributed by atoms with Gasteiger partial charge in [-0.3, -0.25) is 4.79 Å². The fraction of sp³-hybridized carbons (Fsp3) is 0.267. The number of nitrogens with one attached hydrogen (secondary N) is 2. The molecule has 1 amide bonds. The molecule has 0 saturated carbocycles. The lowest BCUT2D eigenvalue weighted by Gasteiger charge is -2.25. The number of hydrogen-bond acceptors (Lipinski definition) is 4. The van der Waals surface area contributed by atoms with Gasteiger partial charge in [-0.25, -0.2) is 9.97 Å². The number of carbonyl (C=O) groups excluding carboxylic acids is 1. The highest BCUT2D eigenvalue weighted by atomic mass is 16.1. The Balaban J connectivity index is 1.70. The summed E-state index contributed by atoms with van der Waals surface area (Å²) < 4.78 is 0. The Bertz CT molecular complexity index is 694. The second kappa shape index (κ2) is 4.38. The van der Waals surface area contributed by atoms with Gasteiger partial charge in [0.05, 0.1) is 12.1 Å². The van der Waals surface area contributed by atoms with E-state index < -0.39 is 0 Å². The van der Waals surface area contributed by atoms with E-state index in [1.807, 2.05) is 30.5 Å². The minimum atomic E-state index is 0.0565. The lowest BCUT2D eigenvalue weighted by atomic mass is 10.0. The number of rotatable bonds is 2. The molecule has 3 heterocycles. The van der Waals surface area contributed by atoms with Gasteiger partial charge in [0.2, 0.25) is 5.91 Å². The highest BCUT2D eigenvalue weighted by Crippen LogP contribution is 2.28. The summed E-state index contributed by atoms with van der Waals surface area (Å²) in [5.41, 5.74) is 3.91. The third-order valence-electron chi connectivity index (χ3n) is 3.85. The average Bonchev–Trinajstić information content (AvgIpc) is 2.76. The Kier molecular flexibility index (Phi) is 2.53. The van der Waals surface area contributed by atoms with E-state index in [1.165, 1.54) is 0 Å². The van der Waals surface area contributed by atoms with Crippen molar-refractivity contribution < 1.29 is 4.79 Å². The molecule has 0 spiro atoms. The number of fused-ring (bicyclic) bond motifs is 1. The molecule has 0 aliphatic carbocycles. The van der Waals surface area contributed by atoms with Crippen molar-refractivity contribution in [3.63, 3.8) is 0 Å². The first-order valence-electron chi connectivity index (χ1n) is 6.76. The molecule has 2 N–H and O–H groups in total. The first-order chi connectivity index (χ1) is 9.79. The Morgan fingerprint density at radius 2 is 2.10 bits per heavy atom. The second-order valence-corrected chi connectivity index (χ2v) is 5.25. The molecule has 20 heavy (non-hydrogen) atoms. The van der Waals surface area contributed by atoms with Crippen LogP contribution in [-0.4, -0.2) is 29.0 Å². The van der Waals surface area contributed by atoms with Crippen LogP contribution in [0.2, 0.25) is 0 Å². The monoisotopic (exact) mass is 266 g/mol. The van der Waals surface area contributed by atoms with Gasteiger partial charge in [-0.05, 0) is 23.8 Å². The van der Waals surface area contributed by atoms with Gasteiger partial charge >= 0.3 is 0 Å². The Morgan fingerprint density at radius 1 is 1.20 bits per heavy atom. The first kappa shape index (κ1) is 11.5. The fourth-order valence-corrected chi connectivity index (χ4v) is 2.59. The molecule has 1 fully saturated rings. The summed E-state index contributed by atoms with van der Waals surface area (Å²) in [6.07, 6.45) is 2.26. The summed E-state index contributed by atoms with van der Waals surface area (Å²) in [6, 6.07) is 7.90. The van der Waals surface area contributed by atoms with Crippen molar-refractivity contribution >= 4 is 11.6 Å². The van der Waals surface area contributed by atoms with Crippen LogP contribution in [0.3, 0.4) is 0 Å². The van der Waals surface area contributed by atoms with Crippen LogP contribution in [0.25, 0.3) is 11.3 Å². The Morgan fingerprint density at radius 3 is 2.90 bits per heavy atom. The van der Waals surface area contributed by atoms with Crippen molar-refractivity contribution in [2.75, 3.05) is 18.4 Å². The number of anilines is 1. The molecule has 2 aliphatic heterocycles. The summed E-state index contributed by atoms with van der Waals surface area (Å²) in [6.45, 7) is 1.90. The number of aromatic nitrogens is 2. The Labute approximate surface area is 116 Å². The number of amides is 1. The van der Waals surface area contributed by atoms with Crippen molar-refractivity contribution in [1.82, 2.24) is 15.3 Å². The van der Waals surface area contributed by atoms with Gasteiger partial charge in [0, 0.05) is 36.5 Å². The topological polar surface area (TPSA) is 66.9 Å². The normalized spacial score (nSPS) is 17.5. The SMILES string of the molecule is O=C1Cc2cc(-c3ccnc(C4CNC4)n3)ccc2N1. The lowest BCUT2D eigenvalue weighted by molar-refractivity contribution is -0.115. The maximum absolute atomic E-state index is 11.4. The molecule has 2 aromatic rings. The van der Waals surface area contributed by atoms with Crippen molar-refractivity contribution in [3.05, 3.63) is 41.9 Å². The van der Waals surface area contributed by atoms with Crippen LogP contribution in [0.5, 0.6) is 0 Å². The minimum absolute atomic E-state index is 0.0565. The van der Waals surface area contributed by atoms with Crippen LogP contribution in [0.4, 0.5) is 5.69 Å². The molecule has 100 valence electrons. The van der Waals surface area contributed by atoms with E-state index in [2.05, 4.69) is 20.6 Å². The lowest BCUT2D eigenvalue weighted by Crippen LogP contribution is -2.40. The summed E-state index contributed by atoms with van der Waals surface area (Å²) >= 11 is 0. The van der Waals surface area contributed by atoms with Gasteiger partial charge in [0.15, 0.2) is 0 Å². The zero-order valence-corrected chi connectivity index (χ0v) is 10.9. The van der Waals surface area contributed by atoms with Crippen molar-refractivity contribution in [3.8, 4) is 11.3 Å². The van der Waals surface area contributed by atoms with Crippen molar-refractivity contribution in [2.45, 2.75) is 12.3 Å². The van der Waals surface area contributed by atoms with E-state index in [0.717, 1.165) is 41.4 Å². The predicted molar refractivity (Wildman–Crippen MR) is 75.4 cm³/mol. The molecular formula is C15H14N4O. The number of benzene rings is 1. The molecule has 0 bridgehead atoms. The molecule has 2 aliphatic rings. The molecule has 5 nitrogen and oxygen atoms in total. The van der Waals surface area contributed by atoms with E-state index in [1.54, 1.807) is 0 Å². The van der Waals surface area contributed by atoms with E-state index >= 15 is 0 Å². The summed E-state index contributed by atoms with van der Waals surface area (Å²) in [7, 11) is 0. The van der Waals surface area contributed by atoms with Gasteiger partial charge in [-0.2, -0.15) is 0 Å². The van der Waals surface area contributed by atoms with Gasteiger partial charge in [-0.15, -0.1) is 0 Å². The van der Waals surface area contributed by atoms with Crippen LogP contribution < -0.4 is 10.6 Å². The molecule has 4 rings (SSSR count). The zero-order chi connectivity index (χ0) is 13.5. The second-order valence-electron chi connectivity index (χ2n) is 5.25. The average molecular weight is 266 g/mol. The van der Waals surface area contributed by atoms with E-state index in [-0.39, 0.29) is 5.91 Å². The quantitative estimate of drug-likeness (QED) is 0.860. The number of hydrogen-bond donors (Lipinski definition) is 2. The number of carbonyl (C=O) groups is 1. The molecule has 1 saturated heterocycles. The maximum Gasteiger partial charge on any atom is 0.228 e. The smallest absolute Gasteiger partial charge is 0.228 e. The number of nitrogens with zero attached hydrogens (tertiary/aromatic N) is 2. The standard InChI is InChI=1S/C15H14N4O/c20-14-6-10-5-9(1-2-12(10)18-14)13-3-4-17-15(19-13)11-7-16-8-11/h1-5,11,16H,6-8H2,(H,18,20). The van der Waals surface area contributed by atoms with Gasteiger partial charge < -0.3 is 10.6 Å². The third kappa shape index (κ3) is 1.87. The van der Waals surface area contributed by atoms with Crippen LogP contribution in [-0.2, 0) is 11.2 Å². The molecule has 1 aromatic heterocycles. The van der Waals surface area contributed by atoms with Crippen molar-refractivity contribution in [1.29, 1.82) is 0 Å². The molecule has 0 radical (unpaired) electrons. The zero-order valence-electron chi connectivity index (χ0n) is 10.9. The molecule has 0 atom stereocenters. The van der Waals surface area contributed by atoms with Gasteiger partial charge in [0.25, 0.3) is 0 Å². The van der Waals surface area contributed by atoms with Crippen LogP contribution in [0.15, 0.2) is 30.5 Å². The largest absolute Gasteiger partial charge is 0.326 e. The molecular weight excluding hydrogens is 252 g/mol. The summed E-state index contributed by atoms with van der Waals surface area (Å²) in [5.74, 6) is 1.38.